The number of nitrogens with zero attached hydrogens (tertiary/aromatic N) is 2. The normalized spacial score (nSPS) is 11.0. The number of aromatic nitrogens is 2. The van der Waals surface area contributed by atoms with Gasteiger partial charge in [-0.2, -0.15) is 0 Å². The van der Waals surface area contributed by atoms with Crippen LogP contribution in [0.2, 0.25) is 0 Å². The second-order valence-electron chi connectivity index (χ2n) is 5.96. The summed E-state index contributed by atoms with van der Waals surface area (Å²) in [5, 5.41) is 2.28. The van der Waals surface area contributed by atoms with E-state index in [9.17, 15) is 9.59 Å². The third kappa shape index (κ3) is 2.67. The Hall–Kier alpha value is -3.19. The summed E-state index contributed by atoms with van der Waals surface area (Å²) in [5.41, 5.74) is 6.64. The number of carbonyl (C=O) groups excluding carboxylic acids is 1. The lowest BCUT2D eigenvalue weighted by Gasteiger charge is -2.16. The molecule has 134 valence electrons. The molecular formula is C20H14BrN3O3. The van der Waals surface area contributed by atoms with Crippen LogP contribution in [0, 0.1) is 0 Å². The van der Waals surface area contributed by atoms with E-state index in [0.29, 0.717) is 16.6 Å². The van der Waals surface area contributed by atoms with Gasteiger partial charge in [0.15, 0.2) is 0 Å². The highest BCUT2D eigenvalue weighted by molar-refractivity contribution is 9.10. The largest absolute Gasteiger partial charge is 0.465 e. The number of hydrogen-bond donors (Lipinski definition) is 1. The number of nitrogens with two attached hydrogens (primary N) is 1. The summed E-state index contributed by atoms with van der Waals surface area (Å²) in [7, 11) is 1.22. The minimum atomic E-state index is -0.774. The maximum Gasteiger partial charge on any atom is 0.345 e. The second-order valence-corrected chi connectivity index (χ2v) is 6.88. The Bertz CT molecular complexity index is 1280. The van der Waals surface area contributed by atoms with E-state index in [2.05, 4.69) is 20.9 Å². The Morgan fingerprint density at radius 3 is 2.70 bits per heavy atom. The van der Waals surface area contributed by atoms with E-state index >= 15 is 0 Å². The molecule has 2 N–H and O–H groups in total. The smallest absolute Gasteiger partial charge is 0.345 e. The number of benzene rings is 2. The monoisotopic (exact) mass is 423 g/mol. The molecule has 0 fully saturated rings. The van der Waals surface area contributed by atoms with Crippen LogP contribution in [0.1, 0.15) is 10.4 Å². The molecule has 2 heterocycles. The summed E-state index contributed by atoms with van der Waals surface area (Å²) in [6, 6.07) is 12.9. The Morgan fingerprint density at radius 1 is 1.15 bits per heavy atom. The first-order chi connectivity index (χ1) is 13.0. The van der Waals surface area contributed by atoms with Crippen LogP contribution < -0.4 is 11.3 Å². The molecule has 2 aromatic heterocycles. The van der Waals surface area contributed by atoms with Crippen LogP contribution in [-0.4, -0.2) is 22.6 Å². The SMILES string of the molecule is COC(=O)c1c(N)c2ccc(Br)cc2n(-c2cncc3ccccc23)c1=O. The highest BCUT2D eigenvalue weighted by atomic mass is 79.9. The van der Waals surface area contributed by atoms with Crippen LogP contribution in [0.5, 0.6) is 0 Å². The van der Waals surface area contributed by atoms with Gasteiger partial charge in [-0.1, -0.05) is 40.2 Å². The summed E-state index contributed by atoms with van der Waals surface area (Å²) >= 11 is 3.44. The minimum Gasteiger partial charge on any atom is -0.465 e. The molecule has 4 aromatic rings. The zero-order valence-corrected chi connectivity index (χ0v) is 15.9. The molecule has 7 heteroatoms. The van der Waals surface area contributed by atoms with Crippen molar-refractivity contribution in [1.82, 2.24) is 9.55 Å². The summed E-state index contributed by atoms with van der Waals surface area (Å²) in [5.74, 6) is -0.774. The molecule has 0 radical (unpaired) electrons. The van der Waals surface area contributed by atoms with Crippen LogP contribution in [0.15, 0.2) is 64.1 Å². The fourth-order valence-electron chi connectivity index (χ4n) is 3.21. The van der Waals surface area contributed by atoms with E-state index in [4.69, 9.17) is 10.5 Å². The van der Waals surface area contributed by atoms with Crippen molar-refractivity contribution >= 4 is 49.3 Å². The summed E-state index contributed by atoms with van der Waals surface area (Å²) in [6.07, 6.45) is 3.32. The number of halogens is 1. The number of nitrogen functional groups attached to an aromatic ring is 1. The fraction of sp³-hybridized carbons (Fsp3) is 0.0500. The molecule has 0 bridgehead atoms. The van der Waals surface area contributed by atoms with Gasteiger partial charge in [0.05, 0.1) is 30.2 Å². The topological polar surface area (TPSA) is 87.2 Å². The number of ether oxygens (including phenoxy) is 1. The van der Waals surface area contributed by atoms with Gasteiger partial charge in [0.2, 0.25) is 0 Å². The number of anilines is 1. The van der Waals surface area contributed by atoms with Gasteiger partial charge in [-0.3, -0.25) is 14.3 Å². The number of fused-ring (bicyclic) bond motifs is 2. The first-order valence-electron chi connectivity index (χ1n) is 8.08. The molecule has 0 unspecified atom stereocenters. The zero-order valence-electron chi connectivity index (χ0n) is 14.3. The molecule has 0 atom stereocenters. The van der Waals surface area contributed by atoms with Crippen molar-refractivity contribution in [3.63, 3.8) is 0 Å². The molecule has 0 amide bonds. The van der Waals surface area contributed by atoms with Crippen LogP contribution in [-0.2, 0) is 4.74 Å². The van der Waals surface area contributed by atoms with Gasteiger partial charge in [0, 0.05) is 26.8 Å². The zero-order chi connectivity index (χ0) is 19.1. The third-order valence-electron chi connectivity index (χ3n) is 4.45. The second kappa shape index (κ2) is 6.51. The van der Waals surface area contributed by atoms with E-state index in [1.165, 1.54) is 11.7 Å². The predicted octanol–water partition coefficient (Wildman–Crippen LogP) is 3.67. The molecule has 0 aliphatic heterocycles. The quantitative estimate of drug-likeness (QED) is 0.497. The van der Waals surface area contributed by atoms with Gasteiger partial charge < -0.3 is 10.5 Å². The first kappa shape index (κ1) is 17.2. The highest BCUT2D eigenvalue weighted by Crippen LogP contribution is 2.30. The molecule has 0 spiro atoms. The summed E-state index contributed by atoms with van der Waals surface area (Å²) < 4.78 is 7.03. The van der Waals surface area contributed by atoms with Crippen molar-refractivity contribution in [2.75, 3.05) is 12.8 Å². The Labute approximate surface area is 162 Å². The van der Waals surface area contributed by atoms with Gasteiger partial charge in [-0.25, -0.2) is 4.79 Å². The van der Waals surface area contributed by atoms with Crippen LogP contribution >= 0.6 is 15.9 Å². The van der Waals surface area contributed by atoms with Crippen LogP contribution in [0.25, 0.3) is 27.4 Å². The molecule has 0 saturated heterocycles. The van der Waals surface area contributed by atoms with Gasteiger partial charge >= 0.3 is 5.97 Å². The molecule has 4 rings (SSSR count). The Balaban J connectivity index is 2.24. The number of methoxy groups -OCH3 is 1. The lowest BCUT2D eigenvalue weighted by atomic mass is 10.1. The fourth-order valence-corrected chi connectivity index (χ4v) is 3.55. The van der Waals surface area contributed by atoms with Gasteiger partial charge in [0.25, 0.3) is 5.56 Å². The molecule has 0 aliphatic carbocycles. The number of pyridine rings is 2. The molecule has 27 heavy (non-hydrogen) atoms. The van der Waals surface area contributed by atoms with Gasteiger partial charge in [-0.05, 0) is 18.2 Å². The van der Waals surface area contributed by atoms with Crippen molar-refractivity contribution in [1.29, 1.82) is 0 Å². The van der Waals surface area contributed by atoms with Crippen molar-refractivity contribution in [2.24, 2.45) is 0 Å². The van der Waals surface area contributed by atoms with Gasteiger partial charge in [-0.15, -0.1) is 0 Å². The predicted molar refractivity (Wildman–Crippen MR) is 108 cm³/mol. The molecule has 0 aliphatic rings. The van der Waals surface area contributed by atoms with Gasteiger partial charge in [0.1, 0.15) is 5.56 Å². The van der Waals surface area contributed by atoms with Crippen molar-refractivity contribution in [3.05, 3.63) is 75.2 Å². The third-order valence-corrected chi connectivity index (χ3v) is 4.95. The summed E-state index contributed by atoms with van der Waals surface area (Å²) in [6.45, 7) is 0. The number of rotatable bonds is 2. The van der Waals surface area contributed by atoms with E-state index in [1.54, 1.807) is 30.6 Å². The first-order valence-corrected chi connectivity index (χ1v) is 8.87. The highest BCUT2D eigenvalue weighted by Gasteiger charge is 2.23. The maximum atomic E-state index is 13.3. The molecule has 0 saturated carbocycles. The van der Waals surface area contributed by atoms with E-state index < -0.39 is 11.5 Å². The average molecular weight is 424 g/mol. The standard InChI is InChI=1S/C20H14BrN3O3/c1-27-20(26)17-18(22)14-7-6-12(21)8-15(14)24(19(17)25)16-10-23-9-11-4-2-3-5-13(11)16/h2-10H,22H2,1H3. The number of esters is 1. The Morgan fingerprint density at radius 2 is 1.93 bits per heavy atom. The lowest BCUT2D eigenvalue weighted by Crippen LogP contribution is -2.28. The van der Waals surface area contributed by atoms with Crippen LogP contribution in [0.4, 0.5) is 5.69 Å². The average Bonchev–Trinajstić information content (AvgIpc) is 2.68. The number of hydrogen-bond acceptors (Lipinski definition) is 5. The van der Waals surface area contributed by atoms with E-state index in [1.807, 2.05) is 24.3 Å². The van der Waals surface area contributed by atoms with Crippen molar-refractivity contribution in [2.45, 2.75) is 0 Å². The molecule has 2 aromatic carbocycles. The van der Waals surface area contributed by atoms with Crippen molar-refractivity contribution in [3.8, 4) is 5.69 Å². The maximum absolute atomic E-state index is 13.3. The van der Waals surface area contributed by atoms with Crippen LogP contribution in [0.3, 0.4) is 0 Å². The van der Waals surface area contributed by atoms with E-state index in [-0.39, 0.29) is 11.3 Å². The minimum absolute atomic E-state index is 0.0961. The molecule has 6 nitrogen and oxygen atoms in total. The Kier molecular flexibility index (Phi) is 4.16. The van der Waals surface area contributed by atoms with Crippen molar-refractivity contribution < 1.29 is 9.53 Å². The lowest BCUT2D eigenvalue weighted by molar-refractivity contribution is 0.0600. The summed E-state index contributed by atoms with van der Waals surface area (Å²) in [4.78, 5) is 29.8. The number of carbonyl (C=O) groups is 1. The van der Waals surface area contributed by atoms with E-state index in [0.717, 1.165) is 15.2 Å². The molecular weight excluding hydrogens is 410 g/mol.